The summed E-state index contributed by atoms with van der Waals surface area (Å²) in [4.78, 5) is 6.60. The van der Waals surface area contributed by atoms with E-state index in [1.165, 1.54) is 12.1 Å². The minimum absolute atomic E-state index is 0.139. The molecule has 1 fully saturated rings. The van der Waals surface area contributed by atoms with Gasteiger partial charge in [-0.2, -0.15) is 0 Å². The van der Waals surface area contributed by atoms with Crippen molar-refractivity contribution in [2.75, 3.05) is 32.8 Å². The van der Waals surface area contributed by atoms with E-state index in [4.69, 9.17) is 4.74 Å². The molecule has 20 heavy (non-hydrogen) atoms. The van der Waals surface area contributed by atoms with E-state index in [1.54, 1.807) is 6.07 Å². The highest BCUT2D eigenvalue weighted by Crippen LogP contribution is 2.18. The number of imidazole rings is 1. The predicted molar refractivity (Wildman–Crippen MR) is 72.9 cm³/mol. The lowest BCUT2D eigenvalue weighted by Gasteiger charge is -2.26. The maximum absolute atomic E-state index is 13.2. The van der Waals surface area contributed by atoms with Crippen LogP contribution in [0.5, 0.6) is 0 Å². The van der Waals surface area contributed by atoms with Gasteiger partial charge in [0.15, 0.2) is 0 Å². The average Bonchev–Trinajstić information content (AvgIpc) is 2.83. The van der Waals surface area contributed by atoms with Crippen molar-refractivity contribution in [1.29, 1.82) is 0 Å². The molecule has 0 spiro atoms. The fraction of sp³-hybridized carbons (Fsp3) is 0.500. The van der Waals surface area contributed by atoms with E-state index in [-0.39, 0.29) is 12.4 Å². The van der Waals surface area contributed by atoms with Crippen LogP contribution in [0.2, 0.25) is 0 Å². The molecule has 0 atom stereocenters. The van der Waals surface area contributed by atoms with Crippen LogP contribution >= 0.6 is 0 Å². The number of aliphatic hydroxyl groups is 1. The summed E-state index contributed by atoms with van der Waals surface area (Å²) < 4.78 is 20.5. The number of hydrogen-bond acceptors (Lipinski definition) is 4. The molecule has 0 amide bonds. The summed E-state index contributed by atoms with van der Waals surface area (Å²) in [6, 6.07) is 4.55. The van der Waals surface area contributed by atoms with Crippen molar-refractivity contribution in [3.05, 3.63) is 29.8 Å². The second kappa shape index (κ2) is 5.87. The third-order valence-electron chi connectivity index (χ3n) is 3.67. The van der Waals surface area contributed by atoms with E-state index >= 15 is 0 Å². The number of fused-ring (bicyclic) bond motifs is 1. The van der Waals surface area contributed by atoms with Crippen molar-refractivity contribution >= 4 is 11.0 Å². The zero-order chi connectivity index (χ0) is 13.9. The fourth-order valence-electron chi connectivity index (χ4n) is 2.59. The summed E-state index contributed by atoms with van der Waals surface area (Å²) >= 11 is 0. The maximum atomic E-state index is 13.2. The van der Waals surface area contributed by atoms with E-state index < -0.39 is 0 Å². The molecule has 1 aliphatic rings. The van der Waals surface area contributed by atoms with Crippen molar-refractivity contribution in [3.63, 3.8) is 0 Å². The minimum atomic E-state index is -0.306. The van der Waals surface area contributed by atoms with E-state index in [1.807, 2.05) is 4.57 Å². The highest BCUT2D eigenvalue weighted by atomic mass is 19.1. The Morgan fingerprint density at radius 2 is 2.05 bits per heavy atom. The molecule has 1 aromatic heterocycles. The molecule has 6 heteroatoms. The summed E-state index contributed by atoms with van der Waals surface area (Å²) in [5, 5.41) is 9.42. The molecule has 1 N–H and O–H groups in total. The van der Waals surface area contributed by atoms with Gasteiger partial charge in [0.2, 0.25) is 0 Å². The van der Waals surface area contributed by atoms with Gasteiger partial charge in [-0.1, -0.05) is 0 Å². The quantitative estimate of drug-likeness (QED) is 0.907. The molecule has 0 bridgehead atoms. The van der Waals surface area contributed by atoms with Crippen LogP contribution < -0.4 is 0 Å². The number of aromatic nitrogens is 2. The molecule has 1 aliphatic heterocycles. The fourth-order valence-corrected chi connectivity index (χ4v) is 2.59. The SMILES string of the molecule is OCc1nc2cc(F)ccc2n1CCN1CCOCC1. The van der Waals surface area contributed by atoms with E-state index in [9.17, 15) is 9.50 Å². The van der Waals surface area contributed by atoms with E-state index in [0.29, 0.717) is 11.3 Å². The van der Waals surface area contributed by atoms with Crippen LogP contribution in [-0.2, 0) is 17.9 Å². The molecule has 2 aromatic rings. The smallest absolute Gasteiger partial charge is 0.135 e. The second-order valence-electron chi connectivity index (χ2n) is 4.92. The number of ether oxygens (including phenoxy) is 1. The molecule has 0 saturated carbocycles. The minimum Gasteiger partial charge on any atom is -0.388 e. The van der Waals surface area contributed by atoms with Crippen molar-refractivity contribution in [1.82, 2.24) is 14.5 Å². The van der Waals surface area contributed by atoms with Crippen LogP contribution in [0, 0.1) is 5.82 Å². The zero-order valence-corrected chi connectivity index (χ0v) is 11.3. The highest BCUT2D eigenvalue weighted by molar-refractivity contribution is 5.76. The molecular weight excluding hydrogens is 261 g/mol. The highest BCUT2D eigenvalue weighted by Gasteiger charge is 2.14. The Morgan fingerprint density at radius 3 is 2.80 bits per heavy atom. The van der Waals surface area contributed by atoms with Crippen molar-refractivity contribution in [3.8, 4) is 0 Å². The van der Waals surface area contributed by atoms with E-state index in [0.717, 1.165) is 44.9 Å². The summed E-state index contributed by atoms with van der Waals surface area (Å²) in [7, 11) is 0. The molecule has 5 nitrogen and oxygen atoms in total. The lowest BCUT2D eigenvalue weighted by atomic mass is 10.3. The first-order chi connectivity index (χ1) is 9.78. The number of hydrogen-bond donors (Lipinski definition) is 1. The van der Waals surface area contributed by atoms with Crippen molar-refractivity contribution in [2.45, 2.75) is 13.2 Å². The van der Waals surface area contributed by atoms with Gasteiger partial charge >= 0.3 is 0 Å². The molecule has 1 saturated heterocycles. The monoisotopic (exact) mass is 279 g/mol. The largest absolute Gasteiger partial charge is 0.388 e. The Hall–Kier alpha value is -1.50. The standard InChI is InChI=1S/C14H18FN3O2/c15-11-1-2-13-12(9-11)16-14(10-19)18(13)4-3-17-5-7-20-8-6-17/h1-2,9,19H,3-8,10H2. The first-order valence-corrected chi connectivity index (χ1v) is 6.83. The van der Waals surface area contributed by atoms with Gasteiger partial charge in [0, 0.05) is 32.2 Å². The van der Waals surface area contributed by atoms with Crippen LogP contribution in [-0.4, -0.2) is 52.4 Å². The third kappa shape index (κ3) is 2.67. The Balaban J connectivity index is 1.81. The van der Waals surface area contributed by atoms with E-state index in [2.05, 4.69) is 9.88 Å². The summed E-state index contributed by atoms with van der Waals surface area (Å²) in [5.41, 5.74) is 1.46. The molecule has 0 radical (unpaired) electrons. The molecule has 3 rings (SSSR count). The van der Waals surface area contributed by atoms with Gasteiger partial charge in [-0.3, -0.25) is 4.90 Å². The molecule has 0 aliphatic carbocycles. The van der Waals surface area contributed by atoms with Gasteiger partial charge in [-0.05, 0) is 12.1 Å². The molecule has 108 valence electrons. The Labute approximate surface area is 116 Å². The van der Waals surface area contributed by atoms with Crippen molar-refractivity contribution in [2.24, 2.45) is 0 Å². The molecule has 1 aromatic carbocycles. The number of aliphatic hydroxyl groups excluding tert-OH is 1. The lowest BCUT2D eigenvalue weighted by molar-refractivity contribution is 0.0363. The number of morpholine rings is 1. The van der Waals surface area contributed by atoms with Crippen LogP contribution in [0.4, 0.5) is 4.39 Å². The van der Waals surface area contributed by atoms with Crippen LogP contribution in [0.25, 0.3) is 11.0 Å². The van der Waals surface area contributed by atoms with Gasteiger partial charge in [-0.15, -0.1) is 0 Å². The summed E-state index contributed by atoms with van der Waals surface area (Å²) in [5.74, 6) is 0.277. The van der Waals surface area contributed by atoms with Gasteiger partial charge < -0.3 is 14.4 Å². The Morgan fingerprint density at radius 1 is 1.25 bits per heavy atom. The van der Waals surface area contributed by atoms with Gasteiger partial charge in [0.05, 0.1) is 24.2 Å². The first kappa shape index (κ1) is 13.5. The van der Waals surface area contributed by atoms with Crippen LogP contribution in [0.15, 0.2) is 18.2 Å². The molecular formula is C14H18FN3O2. The molecule has 0 unspecified atom stereocenters. The Kier molecular flexibility index (Phi) is 3.95. The topological polar surface area (TPSA) is 50.5 Å². The predicted octanol–water partition coefficient (Wildman–Crippen LogP) is 1.000. The van der Waals surface area contributed by atoms with Gasteiger partial charge in [0.1, 0.15) is 18.2 Å². The summed E-state index contributed by atoms with van der Waals surface area (Å²) in [6.45, 7) is 4.85. The normalized spacial score (nSPS) is 16.9. The van der Waals surface area contributed by atoms with Crippen LogP contribution in [0.3, 0.4) is 0 Å². The zero-order valence-electron chi connectivity index (χ0n) is 11.3. The first-order valence-electron chi connectivity index (χ1n) is 6.83. The molecule has 2 heterocycles. The second-order valence-corrected chi connectivity index (χ2v) is 4.92. The maximum Gasteiger partial charge on any atom is 0.135 e. The number of nitrogens with zero attached hydrogens (tertiary/aromatic N) is 3. The third-order valence-corrected chi connectivity index (χ3v) is 3.67. The number of rotatable bonds is 4. The summed E-state index contributed by atoms with van der Waals surface area (Å²) in [6.07, 6.45) is 0. The lowest BCUT2D eigenvalue weighted by Crippen LogP contribution is -2.38. The van der Waals surface area contributed by atoms with Gasteiger partial charge in [-0.25, -0.2) is 9.37 Å². The number of benzene rings is 1. The van der Waals surface area contributed by atoms with Crippen LogP contribution in [0.1, 0.15) is 5.82 Å². The Bertz CT molecular complexity index is 593. The van der Waals surface area contributed by atoms with Gasteiger partial charge in [0.25, 0.3) is 0 Å². The average molecular weight is 279 g/mol. The number of halogens is 1. The van der Waals surface area contributed by atoms with Crippen molar-refractivity contribution < 1.29 is 14.2 Å².